The maximum Gasteiger partial charge on any atom is 0.420 e. The monoisotopic (exact) mass is 246 g/mol. The van der Waals surface area contributed by atoms with E-state index in [9.17, 15) is 22.4 Å². The molecule has 1 aromatic rings. The predicted octanol–water partition coefficient (Wildman–Crippen LogP) is 2.67. The Hall–Kier alpha value is -2.03. The predicted molar refractivity (Wildman–Crippen MR) is 50.5 cm³/mol. The van der Waals surface area contributed by atoms with Crippen LogP contribution in [0.15, 0.2) is 18.2 Å². The Morgan fingerprint density at radius 2 is 2.00 bits per heavy atom. The molecule has 2 nitrogen and oxygen atoms in total. The van der Waals surface area contributed by atoms with Crippen LogP contribution in [0.25, 0.3) is 0 Å². The number of benzene rings is 1. The third kappa shape index (κ3) is 3.48. The zero-order valence-corrected chi connectivity index (χ0v) is 8.31. The molecule has 0 amide bonds. The summed E-state index contributed by atoms with van der Waals surface area (Å²) >= 11 is 0. The van der Waals surface area contributed by atoms with Crippen LogP contribution in [0, 0.1) is 17.7 Å². The van der Waals surface area contributed by atoms with E-state index in [0.717, 1.165) is 12.1 Å². The van der Waals surface area contributed by atoms with Crippen molar-refractivity contribution >= 4 is 5.97 Å². The number of hydrogen-bond acceptors (Lipinski definition) is 1. The molecule has 0 heterocycles. The average molecular weight is 246 g/mol. The normalized spacial score (nSPS) is 10.6. The molecule has 0 radical (unpaired) electrons. The first-order valence-electron chi connectivity index (χ1n) is 4.38. The molecule has 0 aliphatic carbocycles. The van der Waals surface area contributed by atoms with Gasteiger partial charge in [0.05, 0.1) is 0 Å². The highest BCUT2D eigenvalue weighted by Crippen LogP contribution is 2.33. The van der Waals surface area contributed by atoms with Gasteiger partial charge in [0.15, 0.2) is 0 Å². The fourth-order valence-electron chi connectivity index (χ4n) is 1.13. The second-order valence-corrected chi connectivity index (χ2v) is 3.03. The smallest absolute Gasteiger partial charge is 0.420 e. The fourth-order valence-corrected chi connectivity index (χ4v) is 1.13. The maximum atomic E-state index is 13.0. The van der Waals surface area contributed by atoms with Crippen LogP contribution in [0.1, 0.15) is 17.5 Å². The molecule has 1 aromatic carbocycles. The molecule has 0 aliphatic rings. The van der Waals surface area contributed by atoms with E-state index in [1.807, 2.05) is 11.8 Å². The van der Waals surface area contributed by atoms with Gasteiger partial charge in [-0.15, -0.1) is 0 Å². The Labute approximate surface area is 93.9 Å². The minimum Gasteiger partial charge on any atom is -0.481 e. The second kappa shape index (κ2) is 4.87. The molecule has 0 saturated heterocycles. The Bertz CT molecular complexity index is 494. The molecule has 0 bridgehead atoms. The van der Waals surface area contributed by atoms with Gasteiger partial charge in [-0.25, -0.2) is 4.39 Å². The van der Waals surface area contributed by atoms with Gasteiger partial charge in [-0.05, 0) is 12.1 Å². The lowest BCUT2D eigenvalue weighted by Gasteiger charge is -2.09. The summed E-state index contributed by atoms with van der Waals surface area (Å²) in [6.45, 7) is 0. The fraction of sp³-hybridized carbons (Fsp3) is 0.182. The van der Waals surface area contributed by atoms with Gasteiger partial charge in [0.25, 0.3) is 0 Å². The van der Waals surface area contributed by atoms with Crippen LogP contribution >= 0.6 is 0 Å². The molecular weight excluding hydrogens is 240 g/mol. The van der Waals surface area contributed by atoms with E-state index in [1.54, 1.807) is 0 Å². The number of alkyl halides is 3. The summed E-state index contributed by atoms with van der Waals surface area (Å²) in [7, 11) is 0. The van der Waals surface area contributed by atoms with Crippen LogP contribution in [0.5, 0.6) is 0 Å². The van der Waals surface area contributed by atoms with Crippen molar-refractivity contribution in [3.8, 4) is 11.8 Å². The largest absolute Gasteiger partial charge is 0.481 e. The second-order valence-electron chi connectivity index (χ2n) is 3.03. The van der Waals surface area contributed by atoms with Gasteiger partial charge in [-0.3, -0.25) is 4.79 Å². The number of rotatable bonds is 1. The highest BCUT2D eigenvalue weighted by molar-refractivity contribution is 5.70. The lowest BCUT2D eigenvalue weighted by Crippen LogP contribution is -2.10. The number of aliphatic carboxylic acids is 1. The number of carboxylic acid groups (broad SMARTS) is 1. The zero-order valence-electron chi connectivity index (χ0n) is 8.31. The molecular formula is C11H6F4O2. The third-order valence-corrected chi connectivity index (χ3v) is 1.76. The van der Waals surface area contributed by atoms with Gasteiger partial charge in [0, 0.05) is 5.56 Å². The standard InChI is InChI=1S/C11H6F4O2/c12-8-5-1-3-7(4-2-6-9(16)17)10(8)11(13,14)15/h1,3,5H,6H2,(H,16,17). The van der Waals surface area contributed by atoms with Crippen molar-refractivity contribution in [2.75, 3.05) is 0 Å². The van der Waals surface area contributed by atoms with Gasteiger partial charge in [-0.1, -0.05) is 17.9 Å². The lowest BCUT2D eigenvalue weighted by atomic mass is 10.1. The number of carbonyl (C=O) groups is 1. The SMILES string of the molecule is O=C(O)CC#Cc1cccc(F)c1C(F)(F)F. The summed E-state index contributed by atoms with van der Waals surface area (Å²) in [6, 6.07) is 2.74. The summed E-state index contributed by atoms with van der Waals surface area (Å²) in [5.74, 6) is 1.33. The Morgan fingerprint density at radius 1 is 1.35 bits per heavy atom. The highest BCUT2D eigenvalue weighted by Gasteiger charge is 2.36. The third-order valence-electron chi connectivity index (χ3n) is 1.76. The lowest BCUT2D eigenvalue weighted by molar-refractivity contribution is -0.140. The topological polar surface area (TPSA) is 37.3 Å². The van der Waals surface area contributed by atoms with Gasteiger partial charge >= 0.3 is 12.1 Å². The minimum atomic E-state index is -4.86. The van der Waals surface area contributed by atoms with Crippen molar-refractivity contribution in [3.05, 3.63) is 35.1 Å². The average Bonchev–Trinajstić information content (AvgIpc) is 2.14. The summed E-state index contributed by atoms with van der Waals surface area (Å²) in [5, 5.41) is 8.28. The van der Waals surface area contributed by atoms with Crippen LogP contribution in [-0.2, 0) is 11.0 Å². The quantitative estimate of drug-likeness (QED) is 0.611. The minimum absolute atomic E-state index is 0.571. The van der Waals surface area contributed by atoms with Crippen LogP contribution in [0.2, 0.25) is 0 Å². The molecule has 0 aliphatic heterocycles. The van der Waals surface area contributed by atoms with Crippen molar-refractivity contribution in [2.24, 2.45) is 0 Å². The molecule has 0 aromatic heterocycles. The molecule has 0 spiro atoms. The Kier molecular flexibility index (Phi) is 3.73. The molecule has 90 valence electrons. The summed E-state index contributed by atoms with van der Waals surface area (Å²) < 4.78 is 50.4. The van der Waals surface area contributed by atoms with Crippen LogP contribution < -0.4 is 0 Å². The molecule has 6 heteroatoms. The first-order valence-corrected chi connectivity index (χ1v) is 4.38. The molecule has 0 unspecified atom stereocenters. The number of carboxylic acids is 1. The summed E-state index contributed by atoms with van der Waals surface area (Å²) in [6.07, 6.45) is -5.47. The molecule has 17 heavy (non-hydrogen) atoms. The van der Waals surface area contributed by atoms with E-state index in [4.69, 9.17) is 5.11 Å². The Balaban J connectivity index is 3.19. The first kappa shape index (κ1) is 13.0. The van der Waals surface area contributed by atoms with E-state index in [-0.39, 0.29) is 0 Å². The highest BCUT2D eigenvalue weighted by atomic mass is 19.4. The van der Waals surface area contributed by atoms with Gasteiger partial charge < -0.3 is 5.11 Å². The van der Waals surface area contributed by atoms with Crippen LogP contribution in [0.4, 0.5) is 17.6 Å². The van der Waals surface area contributed by atoms with Crippen LogP contribution in [0.3, 0.4) is 0 Å². The summed E-state index contributed by atoms with van der Waals surface area (Å²) in [5.41, 5.74) is -2.04. The molecule has 0 atom stereocenters. The van der Waals surface area contributed by atoms with E-state index >= 15 is 0 Å². The number of halogens is 4. The van der Waals surface area contributed by atoms with E-state index in [0.29, 0.717) is 6.07 Å². The molecule has 0 fully saturated rings. The van der Waals surface area contributed by atoms with Gasteiger partial charge in [-0.2, -0.15) is 13.2 Å². The van der Waals surface area contributed by atoms with Crippen molar-refractivity contribution in [1.29, 1.82) is 0 Å². The molecule has 1 N–H and O–H groups in total. The van der Waals surface area contributed by atoms with E-state index < -0.39 is 35.5 Å². The van der Waals surface area contributed by atoms with Crippen molar-refractivity contribution in [3.63, 3.8) is 0 Å². The van der Waals surface area contributed by atoms with E-state index in [2.05, 4.69) is 0 Å². The van der Waals surface area contributed by atoms with E-state index in [1.165, 1.54) is 0 Å². The first-order chi connectivity index (χ1) is 7.82. The van der Waals surface area contributed by atoms with Crippen LogP contribution in [-0.4, -0.2) is 11.1 Å². The zero-order chi connectivity index (χ0) is 13.1. The Morgan fingerprint density at radius 3 is 2.53 bits per heavy atom. The van der Waals surface area contributed by atoms with Crippen molar-refractivity contribution in [2.45, 2.75) is 12.6 Å². The molecule has 0 saturated carbocycles. The summed E-state index contributed by atoms with van der Waals surface area (Å²) in [4.78, 5) is 10.1. The van der Waals surface area contributed by atoms with Gasteiger partial charge in [0.1, 0.15) is 17.8 Å². The van der Waals surface area contributed by atoms with Crippen molar-refractivity contribution < 1.29 is 27.5 Å². The maximum absolute atomic E-state index is 13.0. The molecule has 1 rings (SSSR count). The number of hydrogen-bond donors (Lipinski definition) is 1. The van der Waals surface area contributed by atoms with Crippen molar-refractivity contribution in [1.82, 2.24) is 0 Å². The van der Waals surface area contributed by atoms with Gasteiger partial charge in [0.2, 0.25) is 0 Å².